The normalized spacial score (nSPS) is 11.5. The molecule has 0 unspecified atom stereocenters. The molecule has 0 N–H and O–H groups in total. The number of carbonyl (C=O) groups excluding carboxylic acids is 2. The summed E-state index contributed by atoms with van der Waals surface area (Å²) in [6.07, 6.45) is 0. The largest absolute Gasteiger partial charge is 0.465 e. The van der Waals surface area contributed by atoms with E-state index in [0.717, 1.165) is 10.2 Å². The average Bonchev–Trinajstić information content (AvgIpc) is 2.90. The summed E-state index contributed by atoms with van der Waals surface area (Å²) in [7, 11) is 0. The molecular weight excluding hydrogens is 300 g/mol. The molecule has 6 heteroatoms. The highest BCUT2D eigenvalue weighted by Crippen LogP contribution is 2.22. The van der Waals surface area contributed by atoms with Gasteiger partial charge in [0.1, 0.15) is 6.54 Å². The molecule has 5 nitrogen and oxygen atoms in total. The fourth-order valence-corrected chi connectivity index (χ4v) is 2.81. The summed E-state index contributed by atoms with van der Waals surface area (Å²) in [6, 6.07) is 5.39. The lowest BCUT2D eigenvalue weighted by atomic mass is 10.0. The number of ether oxygens (including phenoxy) is 1. The minimum Gasteiger partial charge on any atom is -0.465 e. The van der Waals surface area contributed by atoms with Crippen molar-refractivity contribution in [1.29, 1.82) is 0 Å². The van der Waals surface area contributed by atoms with Gasteiger partial charge in [0.2, 0.25) is 0 Å². The van der Waals surface area contributed by atoms with Gasteiger partial charge in [-0.2, -0.15) is 0 Å². The van der Waals surface area contributed by atoms with E-state index in [0.29, 0.717) is 12.2 Å². The number of amides is 1. The molecule has 0 aliphatic carbocycles. The number of carbonyl (C=O) groups is 2. The van der Waals surface area contributed by atoms with Gasteiger partial charge in [0, 0.05) is 11.1 Å². The van der Waals surface area contributed by atoms with Gasteiger partial charge in [-0.3, -0.25) is 9.59 Å². The summed E-state index contributed by atoms with van der Waals surface area (Å²) < 4.78 is 5.93. The van der Waals surface area contributed by atoms with Gasteiger partial charge in [-0.1, -0.05) is 0 Å². The standard InChI is InChI=1S/C16H20N2O3S/c1-5-21-14(19)9-18(16(2,3)4)15(20)11-6-7-12-13(8-11)22-10-17-12/h6-8,10H,5,9H2,1-4H3. The van der Waals surface area contributed by atoms with Crippen LogP contribution < -0.4 is 0 Å². The van der Waals surface area contributed by atoms with E-state index < -0.39 is 11.5 Å². The van der Waals surface area contributed by atoms with Gasteiger partial charge in [0.05, 0.1) is 22.3 Å². The number of hydrogen-bond acceptors (Lipinski definition) is 5. The van der Waals surface area contributed by atoms with Crippen LogP contribution in [0.2, 0.25) is 0 Å². The number of thiazole rings is 1. The third kappa shape index (κ3) is 3.62. The summed E-state index contributed by atoms with van der Waals surface area (Å²) in [4.78, 5) is 30.3. The zero-order valence-electron chi connectivity index (χ0n) is 13.3. The highest BCUT2D eigenvalue weighted by Gasteiger charge is 2.29. The lowest BCUT2D eigenvalue weighted by Crippen LogP contribution is -2.48. The Labute approximate surface area is 133 Å². The second kappa shape index (κ2) is 6.44. The maximum absolute atomic E-state index is 12.8. The second-order valence-corrected chi connectivity index (χ2v) is 6.79. The number of esters is 1. The van der Waals surface area contributed by atoms with Gasteiger partial charge >= 0.3 is 5.97 Å². The lowest BCUT2D eigenvalue weighted by molar-refractivity contribution is -0.144. The molecule has 0 radical (unpaired) electrons. The predicted molar refractivity (Wildman–Crippen MR) is 87.0 cm³/mol. The van der Waals surface area contributed by atoms with Crippen molar-refractivity contribution in [3.8, 4) is 0 Å². The van der Waals surface area contributed by atoms with E-state index in [1.165, 1.54) is 16.2 Å². The highest BCUT2D eigenvalue weighted by atomic mass is 32.1. The molecule has 0 aliphatic rings. The van der Waals surface area contributed by atoms with E-state index in [-0.39, 0.29) is 12.5 Å². The molecule has 0 spiro atoms. The van der Waals surface area contributed by atoms with E-state index in [1.807, 2.05) is 32.9 Å². The smallest absolute Gasteiger partial charge is 0.325 e. The third-order valence-electron chi connectivity index (χ3n) is 3.23. The minimum atomic E-state index is -0.480. The minimum absolute atomic E-state index is 0.0586. The van der Waals surface area contributed by atoms with Crippen LogP contribution in [0.25, 0.3) is 10.2 Å². The Hall–Kier alpha value is -1.95. The lowest BCUT2D eigenvalue weighted by Gasteiger charge is -2.35. The highest BCUT2D eigenvalue weighted by molar-refractivity contribution is 7.16. The number of fused-ring (bicyclic) bond motifs is 1. The summed E-state index contributed by atoms with van der Waals surface area (Å²) in [5.74, 6) is -0.583. The van der Waals surface area contributed by atoms with E-state index in [1.54, 1.807) is 18.5 Å². The van der Waals surface area contributed by atoms with E-state index in [9.17, 15) is 9.59 Å². The van der Waals surface area contributed by atoms with Crippen LogP contribution in [0.15, 0.2) is 23.7 Å². The molecule has 0 atom stereocenters. The molecule has 2 aromatic rings. The molecule has 1 aromatic carbocycles. The molecule has 2 rings (SSSR count). The monoisotopic (exact) mass is 320 g/mol. The van der Waals surface area contributed by atoms with Gasteiger partial charge in [-0.25, -0.2) is 4.98 Å². The molecule has 0 fully saturated rings. The maximum atomic E-state index is 12.8. The first kappa shape index (κ1) is 16.4. The Morgan fingerprint density at radius 3 is 2.68 bits per heavy atom. The first-order valence-corrected chi connectivity index (χ1v) is 8.01. The van der Waals surface area contributed by atoms with Crippen LogP contribution in [0.4, 0.5) is 0 Å². The molecular formula is C16H20N2O3S. The van der Waals surface area contributed by atoms with Crippen molar-refractivity contribution in [1.82, 2.24) is 9.88 Å². The van der Waals surface area contributed by atoms with Crippen molar-refractivity contribution in [2.45, 2.75) is 33.2 Å². The quantitative estimate of drug-likeness (QED) is 0.812. The van der Waals surface area contributed by atoms with Gasteiger partial charge in [0.15, 0.2) is 0 Å². The van der Waals surface area contributed by atoms with Crippen molar-refractivity contribution in [3.63, 3.8) is 0 Å². The fourth-order valence-electron chi connectivity index (χ4n) is 2.09. The van der Waals surface area contributed by atoms with Crippen molar-refractivity contribution < 1.29 is 14.3 Å². The molecule has 0 aliphatic heterocycles. The van der Waals surface area contributed by atoms with Gasteiger partial charge in [-0.05, 0) is 45.9 Å². The summed E-state index contributed by atoms with van der Waals surface area (Å²) >= 11 is 1.49. The van der Waals surface area contributed by atoms with E-state index in [2.05, 4.69) is 4.98 Å². The van der Waals surface area contributed by atoms with E-state index in [4.69, 9.17) is 4.74 Å². The number of aromatic nitrogens is 1. The van der Waals surface area contributed by atoms with Crippen LogP contribution in [0.3, 0.4) is 0 Å². The van der Waals surface area contributed by atoms with Crippen LogP contribution in [-0.4, -0.2) is 40.5 Å². The summed E-state index contributed by atoms with van der Waals surface area (Å²) in [5, 5.41) is 0. The van der Waals surface area contributed by atoms with Crippen molar-refractivity contribution in [2.24, 2.45) is 0 Å². The second-order valence-electron chi connectivity index (χ2n) is 5.90. The Balaban J connectivity index is 2.29. The van der Waals surface area contributed by atoms with Crippen molar-refractivity contribution >= 4 is 33.4 Å². The Kier molecular flexibility index (Phi) is 4.81. The average molecular weight is 320 g/mol. The molecule has 1 aromatic heterocycles. The number of nitrogens with zero attached hydrogens (tertiary/aromatic N) is 2. The zero-order chi connectivity index (χ0) is 16.3. The van der Waals surface area contributed by atoms with Crippen LogP contribution >= 0.6 is 11.3 Å². The Morgan fingerprint density at radius 1 is 1.32 bits per heavy atom. The molecule has 1 amide bonds. The van der Waals surface area contributed by atoms with Crippen LogP contribution in [0.5, 0.6) is 0 Å². The summed E-state index contributed by atoms with van der Waals surface area (Å²) in [6.45, 7) is 7.69. The van der Waals surface area contributed by atoms with Crippen molar-refractivity contribution in [3.05, 3.63) is 29.3 Å². The molecule has 118 valence electrons. The zero-order valence-corrected chi connectivity index (χ0v) is 14.1. The van der Waals surface area contributed by atoms with Crippen molar-refractivity contribution in [2.75, 3.05) is 13.2 Å². The molecule has 22 heavy (non-hydrogen) atoms. The Morgan fingerprint density at radius 2 is 2.05 bits per heavy atom. The SMILES string of the molecule is CCOC(=O)CN(C(=O)c1ccc2ncsc2c1)C(C)(C)C. The number of rotatable bonds is 4. The van der Waals surface area contributed by atoms with Gasteiger partial charge in [0.25, 0.3) is 5.91 Å². The first-order valence-electron chi connectivity index (χ1n) is 7.13. The molecule has 0 bridgehead atoms. The Bertz CT molecular complexity index is 688. The fraction of sp³-hybridized carbons (Fsp3) is 0.438. The van der Waals surface area contributed by atoms with Crippen LogP contribution in [0.1, 0.15) is 38.1 Å². The first-order chi connectivity index (χ1) is 10.3. The molecule has 0 saturated heterocycles. The maximum Gasteiger partial charge on any atom is 0.325 e. The topological polar surface area (TPSA) is 59.5 Å². The van der Waals surface area contributed by atoms with Gasteiger partial charge < -0.3 is 9.64 Å². The van der Waals surface area contributed by atoms with Crippen LogP contribution in [0, 0.1) is 0 Å². The number of benzene rings is 1. The summed E-state index contributed by atoms with van der Waals surface area (Å²) in [5.41, 5.74) is 2.69. The molecule has 0 saturated carbocycles. The predicted octanol–water partition coefficient (Wildman–Crippen LogP) is 3.10. The molecule has 1 heterocycles. The van der Waals surface area contributed by atoms with Crippen LogP contribution in [-0.2, 0) is 9.53 Å². The van der Waals surface area contributed by atoms with Gasteiger partial charge in [-0.15, -0.1) is 11.3 Å². The third-order valence-corrected chi connectivity index (χ3v) is 4.02. The van der Waals surface area contributed by atoms with E-state index >= 15 is 0 Å². The number of hydrogen-bond donors (Lipinski definition) is 0.